The van der Waals surface area contributed by atoms with Crippen LogP contribution in [0.5, 0.6) is 0 Å². The predicted octanol–water partition coefficient (Wildman–Crippen LogP) is 3.00. The average molecular weight is 291 g/mol. The first-order valence-electron chi connectivity index (χ1n) is 5.24. The zero-order valence-corrected chi connectivity index (χ0v) is 10.5. The van der Waals surface area contributed by atoms with E-state index in [0.717, 1.165) is 23.7 Å². The highest BCUT2D eigenvalue weighted by molar-refractivity contribution is 7.05. The van der Waals surface area contributed by atoms with Crippen molar-refractivity contribution in [2.45, 2.75) is 12.2 Å². The Labute approximate surface area is 110 Å². The fourth-order valence-electron chi connectivity index (χ4n) is 1.71. The highest BCUT2D eigenvalue weighted by Crippen LogP contribution is 2.34. The number of rotatable bonds is 3. The van der Waals surface area contributed by atoms with Crippen molar-refractivity contribution in [3.63, 3.8) is 0 Å². The molecule has 1 aromatic heterocycles. The van der Waals surface area contributed by atoms with Crippen LogP contribution in [0.25, 0.3) is 0 Å². The molecule has 0 amide bonds. The van der Waals surface area contributed by atoms with Gasteiger partial charge >= 0.3 is 6.18 Å². The summed E-state index contributed by atoms with van der Waals surface area (Å²) >= 11 is 1.07. The molecule has 2 aromatic rings. The van der Waals surface area contributed by atoms with E-state index in [-0.39, 0.29) is 0 Å². The van der Waals surface area contributed by atoms with Gasteiger partial charge in [-0.15, -0.1) is 5.10 Å². The van der Waals surface area contributed by atoms with E-state index in [1.165, 1.54) is 12.3 Å². The molecule has 0 bridgehead atoms. The molecule has 0 saturated carbocycles. The Morgan fingerprint density at radius 1 is 1.32 bits per heavy atom. The molecule has 102 valence electrons. The van der Waals surface area contributed by atoms with Gasteiger partial charge in [0.05, 0.1) is 22.7 Å². The van der Waals surface area contributed by atoms with Gasteiger partial charge in [0.15, 0.2) is 0 Å². The van der Waals surface area contributed by atoms with E-state index in [2.05, 4.69) is 14.9 Å². The van der Waals surface area contributed by atoms with Crippen LogP contribution in [0.4, 0.5) is 17.6 Å². The second-order valence-corrected chi connectivity index (χ2v) is 4.60. The van der Waals surface area contributed by atoms with Gasteiger partial charge in [0.1, 0.15) is 5.82 Å². The van der Waals surface area contributed by atoms with Crippen LogP contribution in [0.2, 0.25) is 0 Å². The zero-order valence-electron chi connectivity index (χ0n) is 9.70. The number of alkyl halides is 3. The van der Waals surface area contributed by atoms with Crippen LogP contribution in [0, 0.1) is 5.82 Å². The summed E-state index contributed by atoms with van der Waals surface area (Å²) in [6.07, 6.45) is -3.26. The second kappa shape index (κ2) is 5.22. The molecule has 1 atom stereocenters. The number of halogens is 4. The first-order chi connectivity index (χ1) is 8.93. The summed E-state index contributed by atoms with van der Waals surface area (Å²) in [6.45, 7) is 0. The van der Waals surface area contributed by atoms with Crippen molar-refractivity contribution in [2.75, 3.05) is 7.05 Å². The maximum absolute atomic E-state index is 13.2. The van der Waals surface area contributed by atoms with Crippen LogP contribution in [-0.2, 0) is 6.18 Å². The number of aromatic nitrogens is 2. The summed E-state index contributed by atoms with van der Waals surface area (Å²) < 4.78 is 54.8. The highest BCUT2D eigenvalue weighted by atomic mass is 32.1. The topological polar surface area (TPSA) is 37.8 Å². The smallest absolute Gasteiger partial charge is 0.309 e. The zero-order chi connectivity index (χ0) is 14.0. The van der Waals surface area contributed by atoms with Gasteiger partial charge in [-0.2, -0.15) is 13.2 Å². The van der Waals surface area contributed by atoms with Gasteiger partial charge in [-0.25, -0.2) is 4.39 Å². The largest absolute Gasteiger partial charge is 0.419 e. The normalized spacial score (nSPS) is 13.5. The van der Waals surface area contributed by atoms with E-state index in [1.54, 1.807) is 7.05 Å². The van der Waals surface area contributed by atoms with Crippen molar-refractivity contribution >= 4 is 11.5 Å². The fraction of sp³-hybridized carbons (Fsp3) is 0.273. The van der Waals surface area contributed by atoms with Gasteiger partial charge in [0, 0.05) is 0 Å². The number of nitrogens with one attached hydrogen (secondary N) is 1. The van der Waals surface area contributed by atoms with Gasteiger partial charge in [0.25, 0.3) is 0 Å². The summed E-state index contributed by atoms with van der Waals surface area (Å²) in [7, 11) is 1.60. The summed E-state index contributed by atoms with van der Waals surface area (Å²) in [5.74, 6) is -1.28. The van der Waals surface area contributed by atoms with Crippen molar-refractivity contribution in [1.29, 1.82) is 0 Å². The first-order valence-corrected chi connectivity index (χ1v) is 6.02. The standard InChI is InChI=1S/C11H9F4N3S/c1-16-10(9-5-17-18-19-9)6-2-3-8(12)7(4-6)11(13,14)15/h2-5,10,16H,1H3. The van der Waals surface area contributed by atoms with Crippen LogP contribution >= 0.6 is 11.5 Å². The molecule has 1 aromatic carbocycles. The molecule has 19 heavy (non-hydrogen) atoms. The van der Waals surface area contributed by atoms with E-state index in [9.17, 15) is 17.6 Å². The Kier molecular flexibility index (Phi) is 3.81. The van der Waals surface area contributed by atoms with E-state index in [0.29, 0.717) is 10.4 Å². The van der Waals surface area contributed by atoms with Crippen molar-refractivity contribution in [3.05, 3.63) is 46.2 Å². The lowest BCUT2D eigenvalue weighted by Gasteiger charge is -2.16. The molecule has 1 N–H and O–H groups in total. The molecule has 8 heteroatoms. The molecule has 0 spiro atoms. The molecule has 1 unspecified atom stereocenters. The fourth-order valence-corrected chi connectivity index (χ4v) is 2.36. The molecule has 2 rings (SSSR count). The summed E-state index contributed by atoms with van der Waals surface area (Å²) in [6, 6.07) is 2.43. The average Bonchev–Trinajstić information content (AvgIpc) is 2.84. The Morgan fingerprint density at radius 2 is 2.05 bits per heavy atom. The van der Waals surface area contributed by atoms with Gasteiger partial charge in [-0.1, -0.05) is 10.6 Å². The molecule has 1 heterocycles. The van der Waals surface area contributed by atoms with Gasteiger partial charge < -0.3 is 5.32 Å². The quantitative estimate of drug-likeness (QED) is 0.883. The third kappa shape index (κ3) is 2.90. The van der Waals surface area contributed by atoms with Crippen LogP contribution in [0.15, 0.2) is 24.4 Å². The van der Waals surface area contributed by atoms with E-state index in [1.807, 2.05) is 0 Å². The molecule has 0 aliphatic heterocycles. The molecular weight excluding hydrogens is 282 g/mol. The first kappa shape index (κ1) is 13.9. The highest BCUT2D eigenvalue weighted by Gasteiger charge is 2.34. The number of benzene rings is 1. The maximum atomic E-state index is 13.2. The molecule has 0 radical (unpaired) electrons. The lowest BCUT2D eigenvalue weighted by molar-refractivity contribution is -0.140. The number of nitrogens with zero attached hydrogens (tertiary/aromatic N) is 2. The summed E-state index contributed by atoms with van der Waals surface area (Å²) in [5, 5.41) is 6.50. The van der Waals surface area contributed by atoms with E-state index >= 15 is 0 Å². The van der Waals surface area contributed by atoms with Crippen molar-refractivity contribution in [2.24, 2.45) is 0 Å². The Hall–Kier alpha value is -1.54. The van der Waals surface area contributed by atoms with Gasteiger partial charge in [-0.05, 0) is 36.3 Å². The van der Waals surface area contributed by atoms with Gasteiger partial charge in [0.2, 0.25) is 0 Å². The SMILES string of the molecule is CNC(c1ccc(F)c(C(F)(F)F)c1)c1cnns1. The van der Waals surface area contributed by atoms with Crippen LogP contribution < -0.4 is 5.32 Å². The number of hydrogen-bond donors (Lipinski definition) is 1. The Bertz CT molecular complexity index is 554. The van der Waals surface area contributed by atoms with E-state index in [4.69, 9.17) is 0 Å². The summed E-state index contributed by atoms with van der Waals surface area (Å²) in [4.78, 5) is 0.655. The second-order valence-electron chi connectivity index (χ2n) is 3.78. The minimum Gasteiger partial charge on any atom is -0.309 e. The van der Waals surface area contributed by atoms with Crippen molar-refractivity contribution in [1.82, 2.24) is 14.9 Å². The van der Waals surface area contributed by atoms with E-state index < -0.39 is 23.6 Å². The molecule has 0 aliphatic carbocycles. The third-order valence-corrected chi connectivity index (χ3v) is 3.31. The minimum absolute atomic E-state index is 0.308. The van der Waals surface area contributed by atoms with Crippen molar-refractivity contribution in [3.8, 4) is 0 Å². The molecular formula is C11H9F4N3S. The van der Waals surface area contributed by atoms with Gasteiger partial charge in [-0.3, -0.25) is 0 Å². The lowest BCUT2D eigenvalue weighted by Crippen LogP contribution is -2.18. The van der Waals surface area contributed by atoms with Crippen LogP contribution in [-0.4, -0.2) is 16.6 Å². The molecule has 3 nitrogen and oxygen atoms in total. The van der Waals surface area contributed by atoms with Crippen LogP contribution in [0.3, 0.4) is 0 Å². The Balaban J connectivity index is 2.45. The third-order valence-electron chi connectivity index (χ3n) is 2.58. The Morgan fingerprint density at radius 3 is 2.58 bits per heavy atom. The maximum Gasteiger partial charge on any atom is 0.419 e. The monoisotopic (exact) mass is 291 g/mol. The molecule has 0 saturated heterocycles. The predicted molar refractivity (Wildman–Crippen MR) is 62.2 cm³/mol. The lowest BCUT2D eigenvalue weighted by atomic mass is 10.0. The number of hydrogen-bond acceptors (Lipinski definition) is 4. The van der Waals surface area contributed by atoms with Crippen LogP contribution in [0.1, 0.15) is 22.0 Å². The minimum atomic E-state index is -4.72. The molecule has 0 aliphatic rings. The molecule has 0 fully saturated rings. The van der Waals surface area contributed by atoms with Crippen molar-refractivity contribution < 1.29 is 17.6 Å². The summed E-state index contributed by atoms with van der Waals surface area (Å²) in [5.41, 5.74) is -0.968.